The molecular formula is C12H21N7O2. The third-order valence-electron chi connectivity index (χ3n) is 3.88. The molecular weight excluding hydrogens is 274 g/mol. The molecule has 4 N–H and O–H groups in total. The molecule has 0 aromatic carbocycles. The lowest BCUT2D eigenvalue weighted by molar-refractivity contribution is 0.122. The first kappa shape index (κ1) is 14.2. The number of nitrogens with zero attached hydrogens (tertiary/aromatic N) is 5. The number of hydrogen-bond acceptors (Lipinski definition) is 9. The second-order valence-electron chi connectivity index (χ2n) is 5.17. The maximum Gasteiger partial charge on any atom is 0.243 e. The molecule has 2 fully saturated rings. The summed E-state index contributed by atoms with van der Waals surface area (Å²) in [7, 11) is 0. The average Bonchev–Trinajstić information content (AvgIpc) is 3.04. The number of morpholine rings is 1. The van der Waals surface area contributed by atoms with E-state index in [1.54, 1.807) is 0 Å². The number of aliphatic hydroxyl groups excluding tert-OH is 1. The summed E-state index contributed by atoms with van der Waals surface area (Å²) in [5.74, 6) is 6.97. The minimum atomic E-state index is 0.0653. The van der Waals surface area contributed by atoms with Gasteiger partial charge in [-0.1, -0.05) is 0 Å². The zero-order valence-corrected chi connectivity index (χ0v) is 11.9. The highest BCUT2D eigenvalue weighted by Gasteiger charge is 2.27. The van der Waals surface area contributed by atoms with Gasteiger partial charge in [-0.2, -0.15) is 15.0 Å². The SMILES string of the molecule is NNc1nc(N2CCOCC2)nc(N2CCCC2CO)n1. The third kappa shape index (κ3) is 2.99. The maximum absolute atomic E-state index is 9.46. The molecule has 1 aromatic rings. The van der Waals surface area contributed by atoms with Crippen LogP contribution >= 0.6 is 0 Å². The van der Waals surface area contributed by atoms with Gasteiger partial charge in [-0.15, -0.1) is 0 Å². The van der Waals surface area contributed by atoms with Gasteiger partial charge >= 0.3 is 0 Å². The Morgan fingerprint density at radius 1 is 1.19 bits per heavy atom. The van der Waals surface area contributed by atoms with Gasteiger partial charge in [-0.25, -0.2) is 5.84 Å². The van der Waals surface area contributed by atoms with E-state index in [1.165, 1.54) is 0 Å². The minimum absolute atomic E-state index is 0.0653. The van der Waals surface area contributed by atoms with Gasteiger partial charge in [0.05, 0.1) is 25.9 Å². The molecule has 116 valence electrons. The Bertz CT molecular complexity index is 481. The molecule has 3 rings (SSSR count). The quantitative estimate of drug-likeness (QED) is 0.473. The minimum Gasteiger partial charge on any atom is -0.394 e. The molecule has 9 heteroatoms. The number of anilines is 3. The van der Waals surface area contributed by atoms with Crippen LogP contribution in [0.5, 0.6) is 0 Å². The second kappa shape index (κ2) is 6.37. The molecule has 0 bridgehead atoms. The molecule has 9 nitrogen and oxygen atoms in total. The van der Waals surface area contributed by atoms with Gasteiger partial charge in [0.15, 0.2) is 0 Å². The largest absolute Gasteiger partial charge is 0.394 e. The highest BCUT2D eigenvalue weighted by Crippen LogP contribution is 2.24. The summed E-state index contributed by atoms with van der Waals surface area (Å²) in [5, 5.41) is 9.46. The monoisotopic (exact) mass is 295 g/mol. The highest BCUT2D eigenvalue weighted by atomic mass is 16.5. The van der Waals surface area contributed by atoms with Crippen LogP contribution in [-0.4, -0.2) is 65.6 Å². The third-order valence-corrected chi connectivity index (χ3v) is 3.88. The first-order valence-electron chi connectivity index (χ1n) is 7.24. The summed E-state index contributed by atoms with van der Waals surface area (Å²) >= 11 is 0. The first-order valence-corrected chi connectivity index (χ1v) is 7.24. The maximum atomic E-state index is 9.46. The molecule has 0 radical (unpaired) electrons. The van der Waals surface area contributed by atoms with Crippen LogP contribution in [0.15, 0.2) is 0 Å². The van der Waals surface area contributed by atoms with Crippen molar-refractivity contribution in [2.24, 2.45) is 5.84 Å². The van der Waals surface area contributed by atoms with Crippen LogP contribution in [0.4, 0.5) is 17.8 Å². The number of aromatic nitrogens is 3. The van der Waals surface area contributed by atoms with E-state index in [1.807, 2.05) is 4.90 Å². The summed E-state index contributed by atoms with van der Waals surface area (Å²) in [6, 6.07) is 0.0653. The predicted molar refractivity (Wildman–Crippen MR) is 78.1 cm³/mol. The van der Waals surface area contributed by atoms with Crippen LogP contribution in [0.2, 0.25) is 0 Å². The van der Waals surface area contributed by atoms with E-state index < -0.39 is 0 Å². The number of aliphatic hydroxyl groups is 1. The standard InChI is InChI=1S/C12H21N7O2/c13-17-10-14-11(18-4-6-21-7-5-18)16-12(15-10)19-3-1-2-9(19)8-20/h9,20H,1-8,13H2,(H,14,15,16,17). The van der Waals surface area contributed by atoms with Gasteiger partial charge in [-0.3, -0.25) is 5.43 Å². The van der Waals surface area contributed by atoms with Crippen molar-refractivity contribution in [2.45, 2.75) is 18.9 Å². The van der Waals surface area contributed by atoms with Gasteiger partial charge in [0.1, 0.15) is 0 Å². The molecule has 0 aliphatic carbocycles. The normalized spacial score (nSPS) is 22.7. The van der Waals surface area contributed by atoms with Crippen molar-refractivity contribution in [3.05, 3.63) is 0 Å². The van der Waals surface area contributed by atoms with E-state index in [0.29, 0.717) is 31.1 Å². The van der Waals surface area contributed by atoms with E-state index >= 15 is 0 Å². The van der Waals surface area contributed by atoms with Crippen LogP contribution < -0.4 is 21.1 Å². The lowest BCUT2D eigenvalue weighted by atomic mass is 10.2. The summed E-state index contributed by atoms with van der Waals surface area (Å²) < 4.78 is 5.35. The Hall–Kier alpha value is -1.71. The summed E-state index contributed by atoms with van der Waals surface area (Å²) in [4.78, 5) is 17.3. The Morgan fingerprint density at radius 2 is 1.95 bits per heavy atom. The van der Waals surface area contributed by atoms with Crippen LogP contribution in [-0.2, 0) is 4.74 Å². The molecule has 2 aliphatic rings. The molecule has 0 amide bonds. The Balaban J connectivity index is 1.89. The summed E-state index contributed by atoms with van der Waals surface area (Å²) in [6.07, 6.45) is 1.97. The average molecular weight is 295 g/mol. The molecule has 1 atom stereocenters. The number of nitrogen functional groups attached to an aromatic ring is 1. The van der Waals surface area contributed by atoms with Crippen molar-refractivity contribution < 1.29 is 9.84 Å². The number of rotatable bonds is 4. The van der Waals surface area contributed by atoms with Crippen molar-refractivity contribution in [2.75, 3.05) is 54.7 Å². The number of ether oxygens (including phenoxy) is 1. The van der Waals surface area contributed by atoms with Crippen molar-refractivity contribution in [3.8, 4) is 0 Å². The van der Waals surface area contributed by atoms with Crippen LogP contribution in [0.1, 0.15) is 12.8 Å². The van der Waals surface area contributed by atoms with Crippen LogP contribution in [0.25, 0.3) is 0 Å². The fourth-order valence-corrected chi connectivity index (χ4v) is 2.74. The number of hydrogen-bond donors (Lipinski definition) is 3. The Kier molecular flexibility index (Phi) is 4.32. The van der Waals surface area contributed by atoms with E-state index in [9.17, 15) is 5.11 Å². The fourth-order valence-electron chi connectivity index (χ4n) is 2.74. The smallest absolute Gasteiger partial charge is 0.243 e. The molecule has 21 heavy (non-hydrogen) atoms. The zero-order valence-electron chi connectivity index (χ0n) is 11.9. The van der Waals surface area contributed by atoms with Gasteiger partial charge in [0.25, 0.3) is 0 Å². The number of hydrazine groups is 1. The number of nitrogens with one attached hydrogen (secondary N) is 1. The van der Waals surface area contributed by atoms with Crippen LogP contribution in [0.3, 0.4) is 0 Å². The van der Waals surface area contributed by atoms with E-state index in [-0.39, 0.29) is 12.6 Å². The molecule has 0 saturated carbocycles. The summed E-state index contributed by atoms with van der Waals surface area (Å²) in [5.41, 5.74) is 2.49. The zero-order chi connectivity index (χ0) is 14.7. The predicted octanol–water partition coefficient (Wildman–Crippen LogP) is -1.05. The molecule has 0 spiro atoms. The number of nitrogens with two attached hydrogens (primary N) is 1. The van der Waals surface area contributed by atoms with Gasteiger partial charge in [0.2, 0.25) is 17.8 Å². The van der Waals surface area contributed by atoms with Crippen molar-refractivity contribution in [1.82, 2.24) is 15.0 Å². The molecule has 1 aromatic heterocycles. The summed E-state index contributed by atoms with van der Waals surface area (Å²) in [6.45, 7) is 3.75. The van der Waals surface area contributed by atoms with Crippen molar-refractivity contribution in [3.63, 3.8) is 0 Å². The van der Waals surface area contributed by atoms with E-state index in [4.69, 9.17) is 10.6 Å². The molecule has 2 aliphatic heterocycles. The molecule has 2 saturated heterocycles. The van der Waals surface area contributed by atoms with E-state index in [2.05, 4.69) is 25.3 Å². The Labute approximate surface area is 123 Å². The first-order chi connectivity index (χ1) is 10.3. The van der Waals surface area contributed by atoms with Gasteiger partial charge in [0, 0.05) is 19.6 Å². The lowest BCUT2D eigenvalue weighted by Crippen LogP contribution is -2.39. The van der Waals surface area contributed by atoms with Gasteiger partial charge in [-0.05, 0) is 12.8 Å². The highest BCUT2D eigenvalue weighted by molar-refractivity contribution is 5.46. The topological polar surface area (TPSA) is 113 Å². The fraction of sp³-hybridized carbons (Fsp3) is 0.750. The lowest BCUT2D eigenvalue weighted by Gasteiger charge is -2.28. The van der Waals surface area contributed by atoms with Gasteiger partial charge < -0.3 is 19.6 Å². The second-order valence-corrected chi connectivity index (χ2v) is 5.17. The van der Waals surface area contributed by atoms with Crippen molar-refractivity contribution in [1.29, 1.82) is 0 Å². The van der Waals surface area contributed by atoms with E-state index in [0.717, 1.165) is 32.5 Å². The molecule has 1 unspecified atom stereocenters. The van der Waals surface area contributed by atoms with Crippen molar-refractivity contribution >= 4 is 17.8 Å². The molecule has 3 heterocycles. The Morgan fingerprint density at radius 3 is 2.67 bits per heavy atom. The van der Waals surface area contributed by atoms with Crippen LogP contribution in [0, 0.1) is 0 Å².